The van der Waals surface area contributed by atoms with Gasteiger partial charge in [0.1, 0.15) is 0 Å². The van der Waals surface area contributed by atoms with Crippen molar-refractivity contribution in [1.29, 1.82) is 0 Å². The topological polar surface area (TPSA) is 86.8 Å². The maximum atomic E-state index is 12.9. The number of hydrogen-bond donors (Lipinski definition) is 1. The van der Waals surface area contributed by atoms with Gasteiger partial charge < -0.3 is 10.2 Å². The van der Waals surface area contributed by atoms with Crippen LogP contribution in [0.2, 0.25) is 0 Å². The number of benzene rings is 3. The smallest absolute Gasteiger partial charge is 0.243 e. The molecule has 1 fully saturated rings. The fraction of sp³-hybridized carbons (Fsp3) is 0.259. The van der Waals surface area contributed by atoms with Crippen molar-refractivity contribution in [3.63, 3.8) is 0 Å². The van der Waals surface area contributed by atoms with Gasteiger partial charge in [0.15, 0.2) is 0 Å². The highest BCUT2D eigenvalue weighted by Crippen LogP contribution is 2.27. The van der Waals surface area contributed by atoms with E-state index in [4.69, 9.17) is 0 Å². The molecule has 0 saturated carbocycles. The van der Waals surface area contributed by atoms with Crippen molar-refractivity contribution in [2.45, 2.75) is 24.7 Å². The van der Waals surface area contributed by atoms with Crippen LogP contribution in [0.5, 0.6) is 0 Å². The molecule has 1 heterocycles. The number of sulfonamides is 1. The zero-order valence-corrected chi connectivity index (χ0v) is 24.3. The minimum Gasteiger partial charge on any atom is -0.340 e. The van der Waals surface area contributed by atoms with E-state index in [9.17, 15) is 18.0 Å². The number of nitrogens with zero attached hydrogens (tertiary/aromatic N) is 2. The van der Waals surface area contributed by atoms with Gasteiger partial charge >= 0.3 is 0 Å². The molecular weight excluding hydrogens is 622 g/mol. The van der Waals surface area contributed by atoms with E-state index in [-0.39, 0.29) is 42.6 Å². The summed E-state index contributed by atoms with van der Waals surface area (Å²) in [5.74, 6) is -0.391. The maximum Gasteiger partial charge on any atom is 0.243 e. The van der Waals surface area contributed by atoms with Crippen molar-refractivity contribution in [3.8, 4) is 11.1 Å². The first kappa shape index (κ1) is 27.5. The molecule has 2 amide bonds. The third kappa shape index (κ3) is 6.87. The Hall–Kier alpha value is -2.53. The first-order chi connectivity index (χ1) is 17.6. The molecule has 0 radical (unpaired) electrons. The van der Waals surface area contributed by atoms with Crippen molar-refractivity contribution in [2.24, 2.45) is 0 Å². The van der Waals surface area contributed by atoms with E-state index in [0.717, 1.165) is 25.6 Å². The monoisotopic (exact) mass is 647 g/mol. The SMILES string of the molecule is Cc1cc(NC(=O)CCC(=O)N2CCN(S(=O)(=O)c3ccc(Br)cc3)CC2)ccc1-c1ccc(Br)cc1. The maximum absolute atomic E-state index is 12.9. The number of halogens is 2. The first-order valence-electron chi connectivity index (χ1n) is 11.8. The Morgan fingerprint density at radius 2 is 1.43 bits per heavy atom. The van der Waals surface area contributed by atoms with Crippen molar-refractivity contribution >= 4 is 59.4 Å². The number of carbonyl (C=O) groups excluding carboxylic acids is 2. The summed E-state index contributed by atoms with van der Waals surface area (Å²) < 4.78 is 28.9. The van der Waals surface area contributed by atoms with Crippen LogP contribution in [-0.2, 0) is 19.6 Å². The first-order valence-corrected chi connectivity index (χ1v) is 14.9. The van der Waals surface area contributed by atoms with Crippen LogP contribution in [0.25, 0.3) is 11.1 Å². The van der Waals surface area contributed by atoms with Crippen LogP contribution < -0.4 is 5.32 Å². The molecule has 10 heteroatoms. The number of hydrogen-bond acceptors (Lipinski definition) is 4. The van der Waals surface area contributed by atoms with Gasteiger partial charge in [-0.3, -0.25) is 9.59 Å². The van der Waals surface area contributed by atoms with E-state index < -0.39 is 10.0 Å². The number of amides is 2. The zero-order valence-electron chi connectivity index (χ0n) is 20.3. The van der Waals surface area contributed by atoms with Crippen LogP contribution in [0.1, 0.15) is 18.4 Å². The van der Waals surface area contributed by atoms with Crippen LogP contribution in [-0.4, -0.2) is 55.6 Å². The number of nitrogens with one attached hydrogen (secondary N) is 1. The van der Waals surface area contributed by atoms with Crippen LogP contribution in [0.4, 0.5) is 5.69 Å². The van der Waals surface area contributed by atoms with E-state index in [0.29, 0.717) is 18.8 Å². The number of aryl methyl sites for hydroxylation is 1. The molecule has 7 nitrogen and oxygen atoms in total. The third-order valence-corrected chi connectivity index (χ3v) is 9.24. The quantitative estimate of drug-likeness (QED) is 0.370. The molecule has 3 aromatic carbocycles. The van der Waals surface area contributed by atoms with Gasteiger partial charge in [0.05, 0.1) is 4.90 Å². The van der Waals surface area contributed by atoms with Gasteiger partial charge in [-0.2, -0.15) is 4.31 Å². The van der Waals surface area contributed by atoms with Crippen molar-refractivity contribution in [2.75, 3.05) is 31.5 Å². The summed E-state index contributed by atoms with van der Waals surface area (Å²) in [6.07, 6.45) is 0.130. The van der Waals surface area contributed by atoms with Gasteiger partial charge in [0.2, 0.25) is 21.8 Å². The lowest BCUT2D eigenvalue weighted by Crippen LogP contribution is -2.50. The molecule has 0 aromatic heterocycles. The molecule has 1 saturated heterocycles. The van der Waals surface area contributed by atoms with Crippen LogP contribution in [0.3, 0.4) is 0 Å². The zero-order chi connectivity index (χ0) is 26.6. The Balaban J connectivity index is 1.26. The summed E-state index contributed by atoms with van der Waals surface area (Å²) in [5.41, 5.74) is 3.89. The number of carbonyl (C=O) groups is 2. The van der Waals surface area contributed by atoms with E-state index in [2.05, 4.69) is 37.2 Å². The number of piperazine rings is 1. The van der Waals surface area contributed by atoms with Crippen molar-refractivity contribution < 1.29 is 18.0 Å². The molecule has 4 rings (SSSR count). The van der Waals surface area contributed by atoms with Gasteiger partial charge in [0, 0.05) is 53.7 Å². The molecule has 0 unspecified atom stereocenters. The summed E-state index contributed by atoms with van der Waals surface area (Å²) in [6, 6.07) is 20.3. The standard InChI is InChI=1S/C27H27Br2N3O4S/c1-19-18-23(8-11-25(19)20-2-4-21(28)5-3-20)30-26(33)12-13-27(34)31-14-16-32(17-15-31)37(35,36)24-9-6-22(29)7-10-24/h2-11,18H,12-17H2,1H3,(H,30,33). The highest BCUT2D eigenvalue weighted by molar-refractivity contribution is 9.10. The van der Waals surface area contributed by atoms with E-state index in [1.165, 1.54) is 4.31 Å². The Kier molecular flexibility index (Phi) is 8.84. The third-order valence-electron chi connectivity index (χ3n) is 6.27. The second-order valence-corrected chi connectivity index (χ2v) is 12.6. The minimum absolute atomic E-state index is 0.0593. The van der Waals surface area contributed by atoms with Gasteiger partial charge in [-0.1, -0.05) is 50.1 Å². The Bertz CT molecular complexity index is 1390. The van der Waals surface area contributed by atoms with Gasteiger partial charge in [-0.15, -0.1) is 0 Å². The lowest BCUT2D eigenvalue weighted by Gasteiger charge is -2.34. The number of anilines is 1. The van der Waals surface area contributed by atoms with Crippen LogP contribution >= 0.6 is 31.9 Å². The molecule has 1 aliphatic heterocycles. The molecule has 1 aliphatic rings. The van der Waals surface area contributed by atoms with Gasteiger partial charge in [-0.05, 0) is 72.1 Å². The highest BCUT2D eigenvalue weighted by Gasteiger charge is 2.30. The second kappa shape index (κ2) is 11.9. The molecule has 194 valence electrons. The summed E-state index contributed by atoms with van der Waals surface area (Å²) in [4.78, 5) is 27.0. The van der Waals surface area contributed by atoms with E-state index in [1.807, 2.05) is 49.4 Å². The largest absolute Gasteiger partial charge is 0.340 e. The van der Waals surface area contributed by atoms with Crippen molar-refractivity contribution in [3.05, 3.63) is 81.2 Å². The normalized spacial score (nSPS) is 14.4. The van der Waals surface area contributed by atoms with Gasteiger partial charge in [-0.25, -0.2) is 8.42 Å². The predicted molar refractivity (Wildman–Crippen MR) is 152 cm³/mol. The Morgan fingerprint density at radius 3 is 2.03 bits per heavy atom. The average molecular weight is 649 g/mol. The summed E-state index contributed by atoms with van der Waals surface area (Å²) in [6.45, 7) is 3.04. The van der Waals surface area contributed by atoms with E-state index >= 15 is 0 Å². The predicted octanol–water partition coefficient (Wildman–Crippen LogP) is 5.44. The Labute approximate surface area is 234 Å². The average Bonchev–Trinajstić information content (AvgIpc) is 2.88. The van der Waals surface area contributed by atoms with Gasteiger partial charge in [0.25, 0.3) is 0 Å². The molecule has 37 heavy (non-hydrogen) atoms. The fourth-order valence-corrected chi connectivity index (χ4v) is 6.18. The summed E-state index contributed by atoms with van der Waals surface area (Å²) in [5, 5.41) is 2.87. The van der Waals surface area contributed by atoms with Crippen LogP contribution in [0.15, 0.2) is 80.6 Å². The molecule has 0 bridgehead atoms. The fourth-order valence-electron chi connectivity index (χ4n) is 4.23. The van der Waals surface area contributed by atoms with Crippen LogP contribution in [0, 0.1) is 6.92 Å². The second-order valence-electron chi connectivity index (χ2n) is 8.82. The molecule has 0 spiro atoms. The lowest BCUT2D eigenvalue weighted by molar-refractivity contribution is -0.133. The Morgan fingerprint density at radius 1 is 0.838 bits per heavy atom. The lowest BCUT2D eigenvalue weighted by atomic mass is 10.00. The van der Waals surface area contributed by atoms with Crippen molar-refractivity contribution in [1.82, 2.24) is 9.21 Å². The van der Waals surface area contributed by atoms with E-state index in [1.54, 1.807) is 29.2 Å². The number of rotatable bonds is 7. The molecule has 0 aliphatic carbocycles. The summed E-state index contributed by atoms with van der Waals surface area (Å²) >= 11 is 6.75. The minimum atomic E-state index is -3.61. The molecule has 1 N–H and O–H groups in total. The molecule has 0 atom stereocenters. The highest BCUT2D eigenvalue weighted by atomic mass is 79.9. The molecular formula is C27H27Br2N3O4S. The molecule has 3 aromatic rings. The summed E-state index contributed by atoms with van der Waals surface area (Å²) in [7, 11) is -3.61.